The smallest absolute Gasteiger partial charge is 0.340 e. The minimum atomic E-state index is -0.431. The molecule has 0 heterocycles. The Labute approximate surface area is 94.6 Å². The van der Waals surface area contributed by atoms with Crippen LogP contribution in [0.5, 0.6) is 0 Å². The Morgan fingerprint density at radius 3 is 3.00 bits per heavy atom. The number of carbonyl (C=O) groups excluding carboxylic acids is 1. The third kappa shape index (κ3) is 2.99. The van der Waals surface area contributed by atoms with Crippen molar-refractivity contribution in [3.63, 3.8) is 0 Å². The maximum atomic E-state index is 11.6. The lowest BCUT2D eigenvalue weighted by molar-refractivity contribution is 0.0503. The lowest BCUT2D eigenvalue weighted by atomic mass is 10.1. The van der Waals surface area contributed by atoms with Crippen LogP contribution in [0.3, 0.4) is 0 Å². The molecule has 0 aliphatic carbocycles. The topological polar surface area (TPSA) is 76.1 Å². The molecule has 1 aromatic rings. The highest BCUT2D eigenvalue weighted by Gasteiger charge is 2.11. The fourth-order valence-electron chi connectivity index (χ4n) is 1.25. The van der Waals surface area contributed by atoms with Crippen LogP contribution in [0.15, 0.2) is 18.2 Å². The summed E-state index contributed by atoms with van der Waals surface area (Å²) in [4.78, 5) is 11.6. The van der Waals surface area contributed by atoms with Crippen molar-refractivity contribution in [2.45, 2.75) is 19.8 Å². The van der Waals surface area contributed by atoms with Crippen LogP contribution in [-0.2, 0) is 4.74 Å². The van der Waals surface area contributed by atoms with E-state index >= 15 is 0 Å². The molecule has 2 N–H and O–H groups in total. The number of nitrogens with zero attached hydrogens (tertiary/aromatic N) is 1. The van der Waals surface area contributed by atoms with Crippen LogP contribution in [0.1, 0.15) is 28.8 Å². The summed E-state index contributed by atoms with van der Waals surface area (Å²) in [7, 11) is 0. The van der Waals surface area contributed by atoms with Gasteiger partial charge in [0.2, 0.25) is 0 Å². The first-order valence-corrected chi connectivity index (χ1v) is 5.06. The van der Waals surface area contributed by atoms with Crippen molar-refractivity contribution in [2.75, 3.05) is 12.3 Å². The summed E-state index contributed by atoms with van der Waals surface area (Å²) in [6, 6.07) is 7.22. The summed E-state index contributed by atoms with van der Waals surface area (Å²) in [6.45, 7) is 2.08. The maximum Gasteiger partial charge on any atom is 0.340 e. The van der Waals surface area contributed by atoms with Gasteiger partial charge in [0.25, 0.3) is 0 Å². The van der Waals surface area contributed by atoms with E-state index in [0.717, 1.165) is 5.56 Å². The predicted octanol–water partition coefficient (Wildman–Crippen LogP) is 2.04. The molecular formula is C12H14N2O2. The number of nitrogens with two attached hydrogens (primary N) is 1. The number of para-hydroxylation sites is 1. The second-order valence-corrected chi connectivity index (χ2v) is 3.43. The molecule has 0 saturated heterocycles. The zero-order valence-electron chi connectivity index (χ0n) is 9.19. The van der Waals surface area contributed by atoms with Gasteiger partial charge in [-0.2, -0.15) is 5.26 Å². The summed E-state index contributed by atoms with van der Waals surface area (Å²) in [6.07, 6.45) is 0.935. The zero-order chi connectivity index (χ0) is 12.0. The van der Waals surface area contributed by atoms with E-state index in [1.54, 1.807) is 12.1 Å². The summed E-state index contributed by atoms with van der Waals surface area (Å²) >= 11 is 0. The van der Waals surface area contributed by atoms with Crippen molar-refractivity contribution in [2.24, 2.45) is 0 Å². The lowest BCUT2D eigenvalue weighted by Gasteiger charge is -2.07. The minimum absolute atomic E-state index is 0.250. The molecule has 1 rings (SSSR count). The molecule has 0 unspecified atom stereocenters. The van der Waals surface area contributed by atoms with Gasteiger partial charge in [0, 0.05) is 12.1 Å². The molecule has 0 atom stereocenters. The summed E-state index contributed by atoms with van der Waals surface area (Å²) in [5, 5.41) is 8.32. The quantitative estimate of drug-likeness (QED) is 0.476. The van der Waals surface area contributed by atoms with Gasteiger partial charge < -0.3 is 10.5 Å². The molecule has 84 valence electrons. The van der Waals surface area contributed by atoms with Gasteiger partial charge in [0.1, 0.15) is 0 Å². The molecule has 4 nitrogen and oxygen atoms in total. The standard InChI is InChI=1S/C12H14N2O2/c1-9-5-4-6-10(11(9)14)12(15)16-8-3-2-7-13/h4-6H,2-3,8,14H2,1H3. The Morgan fingerprint density at radius 2 is 2.31 bits per heavy atom. The molecule has 0 aliphatic heterocycles. The van der Waals surface area contributed by atoms with Crippen LogP contribution in [0.2, 0.25) is 0 Å². The molecule has 0 amide bonds. The summed E-state index contributed by atoms with van der Waals surface area (Å²) in [5.74, 6) is -0.431. The summed E-state index contributed by atoms with van der Waals surface area (Å²) < 4.78 is 5.00. The van der Waals surface area contributed by atoms with Gasteiger partial charge in [-0.3, -0.25) is 0 Å². The molecule has 0 aromatic heterocycles. The number of hydrogen-bond acceptors (Lipinski definition) is 4. The van der Waals surface area contributed by atoms with Crippen LogP contribution >= 0.6 is 0 Å². The van der Waals surface area contributed by atoms with Crippen LogP contribution in [0.4, 0.5) is 5.69 Å². The Morgan fingerprint density at radius 1 is 1.56 bits per heavy atom. The predicted molar refractivity (Wildman–Crippen MR) is 60.7 cm³/mol. The van der Waals surface area contributed by atoms with Crippen LogP contribution < -0.4 is 5.73 Å². The number of nitrogen functional groups attached to an aromatic ring is 1. The Bertz CT molecular complexity index is 422. The lowest BCUT2D eigenvalue weighted by Crippen LogP contribution is -2.09. The number of unbranched alkanes of at least 4 members (excludes halogenated alkanes) is 1. The number of hydrogen-bond donors (Lipinski definition) is 1. The number of aryl methyl sites for hydroxylation is 1. The molecule has 0 aliphatic rings. The second kappa shape index (κ2) is 5.76. The molecule has 0 radical (unpaired) electrons. The van der Waals surface area contributed by atoms with Gasteiger partial charge in [0.05, 0.1) is 18.2 Å². The van der Waals surface area contributed by atoms with E-state index in [9.17, 15) is 4.79 Å². The van der Waals surface area contributed by atoms with Gasteiger partial charge in [-0.15, -0.1) is 0 Å². The van der Waals surface area contributed by atoms with Gasteiger partial charge >= 0.3 is 5.97 Å². The fourth-order valence-corrected chi connectivity index (χ4v) is 1.25. The van der Waals surface area contributed by atoms with Crippen LogP contribution in [0, 0.1) is 18.3 Å². The number of ether oxygens (including phenoxy) is 1. The monoisotopic (exact) mass is 218 g/mol. The first-order chi connectivity index (χ1) is 7.66. The number of esters is 1. The molecule has 16 heavy (non-hydrogen) atoms. The van der Waals surface area contributed by atoms with E-state index in [2.05, 4.69) is 0 Å². The van der Waals surface area contributed by atoms with Crippen LogP contribution in [0.25, 0.3) is 0 Å². The van der Waals surface area contributed by atoms with E-state index in [-0.39, 0.29) is 6.61 Å². The number of rotatable bonds is 4. The van der Waals surface area contributed by atoms with Crippen molar-refractivity contribution >= 4 is 11.7 Å². The van der Waals surface area contributed by atoms with E-state index in [1.165, 1.54) is 0 Å². The highest BCUT2D eigenvalue weighted by Crippen LogP contribution is 2.17. The SMILES string of the molecule is Cc1cccc(C(=O)OCCCC#N)c1N. The normalized spacial score (nSPS) is 9.50. The van der Waals surface area contributed by atoms with Gasteiger partial charge in [-0.25, -0.2) is 4.79 Å². The number of benzene rings is 1. The third-order valence-corrected chi connectivity index (χ3v) is 2.21. The molecule has 0 spiro atoms. The van der Waals surface area contributed by atoms with E-state index < -0.39 is 5.97 Å². The van der Waals surface area contributed by atoms with Crippen molar-refractivity contribution < 1.29 is 9.53 Å². The van der Waals surface area contributed by atoms with Crippen molar-refractivity contribution in [1.29, 1.82) is 5.26 Å². The van der Waals surface area contributed by atoms with Crippen molar-refractivity contribution in [3.05, 3.63) is 29.3 Å². The van der Waals surface area contributed by atoms with Gasteiger partial charge in [-0.1, -0.05) is 12.1 Å². The maximum absolute atomic E-state index is 11.6. The number of carbonyl (C=O) groups is 1. The first-order valence-electron chi connectivity index (χ1n) is 5.06. The average Bonchev–Trinajstić information content (AvgIpc) is 2.28. The molecular weight excluding hydrogens is 204 g/mol. The fraction of sp³-hybridized carbons (Fsp3) is 0.333. The number of nitriles is 1. The number of anilines is 1. The Balaban J connectivity index is 2.60. The van der Waals surface area contributed by atoms with Crippen LogP contribution in [-0.4, -0.2) is 12.6 Å². The van der Waals surface area contributed by atoms with E-state index in [0.29, 0.717) is 24.1 Å². The second-order valence-electron chi connectivity index (χ2n) is 3.43. The van der Waals surface area contributed by atoms with Crippen molar-refractivity contribution in [3.8, 4) is 6.07 Å². The molecule has 1 aromatic carbocycles. The molecule has 0 fully saturated rings. The molecule has 0 bridgehead atoms. The summed E-state index contributed by atoms with van der Waals surface area (Å²) in [5.41, 5.74) is 7.45. The van der Waals surface area contributed by atoms with E-state index in [1.807, 2.05) is 19.1 Å². The minimum Gasteiger partial charge on any atom is -0.462 e. The highest BCUT2D eigenvalue weighted by atomic mass is 16.5. The molecule has 0 saturated carbocycles. The van der Waals surface area contributed by atoms with Gasteiger partial charge in [-0.05, 0) is 25.0 Å². The van der Waals surface area contributed by atoms with Crippen molar-refractivity contribution in [1.82, 2.24) is 0 Å². The first kappa shape index (κ1) is 12.1. The zero-order valence-corrected chi connectivity index (χ0v) is 9.19. The Kier molecular flexibility index (Phi) is 4.34. The van der Waals surface area contributed by atoms with E-state index in [4.69, 9.17) is 15.7 Å². The average molecular weight is 218 g/mol. The largest absolute Gasteiger partial charge is 0.462 e. The third-order valence-electron chi connectivity index (χ3n) is 2.21. The molecule has 4 heteroatoms. The Hall–Kier alpha value is -2.02. The van der Waals surface area contributed by atoms with Gasteiger partial charge in [0.15, 0.2) is 0 Å². The highest BCUT2D eigenvalue weighted by molar-refractivity contribution is 5.95.